The van der Waals surface area contributed by atoms with Crippen LogP contribution in [0.15, 0.2) is 558 Å². The number of nitrogens with zero attached hydrogens (tertiary/aromatic N) is 6. The number of para-hydroxylation sites is 4. The Labute approximate surface area is 797 Å². The third kappa shape index (κ3) is 17.8. The van der Waals surface area contributed by atoms with Crippen LogP contribution < -0.4 is 29.4 Å². The van der Waals surface area contributed by atoms with E-state index in [9.17, 15) is 0 Å². The van der Waals surface area contributed by atoms with E-state index in [4.69, 9.17) is 0 Å². The molecule has 22 aromatic carbocycles. The van der Waals surface area contributed by atoms with Gasteiger partial charge in [0, 0.05) is 108 Å². The fourth-order valence-corrected chi connectivity index (χ4v) is 19.0. The van der Waals surface area contributed by atoms with Gasteiger partial charge in [0.05, 0.1) is 11.4 Å². The summed E-state index contributed by atoms with van der Waals surface area (Å²) in [5.41, 5.74) is 37.0. The lowest BCUT2D eigenvalue weighted by molar-refractivity contribution is 1.08. The summed E-state index contributed by atoms with van der Waals surface area (Å²) in [5, 5.41) is 4.86. The van der Waals surface area contributed by atoms with Gasteiger partial charge in [-0.1, -0.05) is 371 Å². The first-order valence-electron chi connectivity index (χ1n) is 46.2. The molecule has 22 aromatic rings. The summed E-state index contributed by atoms with van der Waals surface area (Å²) in [6.07, 6.45) is 0.847. The number of benzene rings is 22. The van der Waals surface area contributed by atoms with E-state index in [1.165, 1.54) is 88.6 Å². The molecule has 1 heterocycles. The second-order valence-corrected chi connectivity index (χ2v) is 34.0. The van der Waals surface area contributed by atoms with Crippen molar-refractivity contribution in [2.45, 2.75) is 13.8 Å². The largest absolute Gasteiger partial charge is 0.311 e. The van der Waals surface area contributed by atoms with Crippen LogP contribution in [0.2, 0.25) is 0 Å². The van der Waals surface area contributed by atoms with Gasteiger partial charge >= 0.3 is 0 Å². The number of fused-ring (bicyclic) bond motifs is 4. The smallest absolute Gasteiger partial charge is 0.0540 e. The van der Waals surface area contributed by atoms with Crippen molar-refractivity contribution in [2.24, 2.45) is 0 Å². The highest BCUT2D eigenvalue weighted by Crippen LogP contribution is 2.50. The molecule has 0 atom stereocenters. The van der Waals surface area contributed by atoms with E-state index in [1.54, 1.807) is 0 Å². The standard InChI is InChI=1S/C69H50N4.C60H44N2.CH4/c1-4-23-56(24-5-1)70(60-42-44-61(45-43-60)71(57-25-6-2-7-26-57)68-32-16-21-52-18-10-13-29-64(52)68)59-38-34-50(35-39-59)51-36-40-62(41-37-51)73-66-31-15-12-20-54(66)48-55-49-63(46-47-67(55)73)72(58-27-8-3-9-28-58)69-33-17-22-53-19-11-14-30-65(53)69;1-5-13-45(14-6-1)49-21-33-55(34-22-49)61(56-35-23-50(24-36-56)46-15-7-2-8-16-46)59-41-29-53(30-42-59)54-31-43-60(44-32-54)62(57-37-25-51(26-38-57)47-17-9-3-10-18-47)58-39-27-52(28-40-58)48-19-11-4-12-20-48;/h1-47,49H,48H2;1-44H;1H4. The van der Waals surface area contributed by atoms with Crippen LogP contribution in [0.25, 0.3) is 88.3 Å². The van der Waals surface area contributed by atoms with E-state index in [0.29, 0.717) is 0 Å². The molecule has 0 spiro atoms. The Balaban J connectivity index is 0.000000164. The third-order valence-corrected chi connectivity index (χ3v) is 25.7. The predicted octanol–water partition coefficient (Wildman–Crippen LogP) is 37.0. The van der Waals surface area contributed by atoms with Crippen molar-refractivity contribution in [1.82, 2.24) is 0 Å². The highest BCUT2D eigenvalue weighted by Gasteiger charge is 2.28. The van der Waals surface area contributed by atoms with Crippen LogP contribution in [0, 0.1) is 0 Å². The molecule has 0 saturated carbocycles. The molecule has 0 bridgehead atoms. The molecule has 0 amide bonds. The maximum Gasteiger partial charge on any atom is 0.0540 e. The van der Waals surface area contributed by atoms with Gasteiger partial charge in [0.1, 0.15) is 0 Å². The van der Waals surface area contributed by atoms with Gasteiger partial charge < -0.3 is 29.4 Å². The number of hydrogen-bond acceptors (Lipinski definition) is 6. The van der Waals surface area contributed by atoms with Crippen LogP contribution in [0.5, 0.6) is 0 Å². The van der Waals surface area contributed by atoms with Crippen LogP contribution in [-0.4, -0.2) is 0 Å². The molecular weight excluding hydrogens is 1650 g/mol. The molecule has 648 valence electrons. The Kier molecular flexibility index (Phi) is 24.4. The molecule has 0 fully saturated rings. The zero-order valence-corrected chi connectivity index (χ0v) is 74.5. The molecule has 0 aromatic heterocycles. The quantitative estimate of drug-likeness (QED) is 0.0669. The van der Waals surface area contributed by atoms with Crippen LogP contribution in [0.1, 0.15) is 18.6 Å². The van der Waals surface area contributed by atoms with Gasteiger partial charge in [-0.2, -0.15) is 0 Å². The molecule has 0 saturated heterocycles. The Morgan fingerprint density at radius 1 is 0.147 bits per heavy atom. The lowest BCUT2D eigenvalue weighted by Crippen LogP contribution is -2.19. The molecule has 23 rings (SSSR count). The average Bonchev–Trinajstić information content (AvgIpc) is 0.746. The molecule has 0 aliphatic carbocycles. The van der Waals surface area contributed by atoms with Crippen molar-refractivity contribution >= 4 is 124 Å². The monoisotopic (exact) mass is 1740 g/mol. The Hall–Kier alpha value is -17.8. The highest BCUT2D eigenvalue weighted by molar-refractivity contribution is 6.02. The second-order valence-electron chi connectivity index (χ2n) is 34.0. The maximum atomic E-state index is 2.43. The average molecular weight is 1740 g/mol. The van der Waals surface area contributed by atoms with Crippen molar-refractivity contribution < 1.29 is 0 Å². The Morgan fingerprint density at radius 3 is 0.684 bits per heavy atom. The van der Waals surface area contributed by atoms with Crippen molar-refractivity contribution in [3.63, 3.8) is 0 Å². The van der Waals surface area contributed by atoms with Crippen molar-refractivity contribution in [3.05, 3.63) is 569 Å². The summed E-state index contributed by atoms with van der Waals surface area (Å²) >= 11 is 0. The number of rotatable bonds is 22. The Bertz CT molecular complexity index is 7390. The summed E-state index contributed by atoms with van der Waals surface area (Å²) < 4.78 is 0. The fraction of sp³-hybridized carbons (Fsp3) is 0.0154. The highest BCUT2D eigenvalue weighted by atomic mass is 15.2. The van der Waals surface area contributed by atoms with Gasteiger partial charge in [-0.3, -0.25) is 0 Å². The molecule has 1 aliphatic heterocycles. The predicted molar refractivity (Wildman–Crippen MR) is 578 cm³/mol. The SMILES string of the molecule is C.c1ccc(-c2ccc(N(c3ccc(-c4ccccc4)cc3)c3ccc(-c4ccc(N(c5ccc(-c6ccccc6)cc5)c5ccc(-c6ccccc6)cc5)cc4)cc3)cc2)cc1.c1ccc(N(c2ccc(-c3ccc(N4c5ccccc5Cc5cc(N(c6ccccc6)c6cccc7ccccc67)ccc54)cc3)cc2)c2ccc(N(c3ccccc3)c3cccc4ccccc34)cc2)cc1. The summed E-state index contributed by atoms with van der Waals surface area (Å²) in [6.45, 7) is 0. The van der Waals surface area contributed by atoms with E-state index >= 15 is 0 Å². The van der Waals surface area contributed by atoms with Crippen molar-refractivity contribution in [3.8, 4) is 66.8 Å². The van der Waals surface area contributed by atoms with Crippen LogP contribution in [0.4, 0.5) is 102 Å². The van der Waals surface area contributed by atoms with Crippen molar-refractivity contribution in [2.75, 3.05) is 29.4 Å². The first-order valence-corrected chi connectivity index (χ1v) is 46.2. The van der Waals surface area contributed by atoms with Crippen LogP contribution >= 0.6 is 0 Å². The minimum absolute atomic E-state index is 0. The summed E-state index contributed by atoms with van der Waals surface area (Å²) in [5.74, 6) is 0. The van der Waals surface area contributed by atoms with Gasteiger partial charge in [0.15, 0.2) is 0 Å². The van der Waals surface area contributed by atoms with Crippen LogP contribution in [-0.2, 0) is 6.42 Å². The van der Waals surface area contributed by atoms with E-state index in [0.717, 1.165) is 120 Å². The zero-order valence-electron chi connectivity index (χ0n) is 74.5. The molecule has 136 heavy (non-hydrogen) atoms. The second kappa shape index (κ2) is 39.1. The zero-order chi connectivity index (χ0) is 90.0. The van der Waals surface area contributed by atoms with Gasteiger partial charge in [-0.25, -0.2) is 0 Å². The normalized spacial score (nSPS) is 11.3. The first kappa shape index (κ1) is 85.0. The molecule has 6 nitrogen and oxygen atoms in total. The molecule has 0 N–H and O–H groups in total. The number of hydrogen-bond donors (Lipinski definition) is 0. The molecule has 1 aliphatic rings. The molecule has 6 heteroatoms. The maximum absolute atomic E-state index is 2.43. The third-order valence-electron chi connectivity index (χ3n) is 25.7. The summed E-state index contributed by atoms with van der Waals surface area (Å²) in [6, 6.07) is 201. The topological polar surface area (TPSA) is 19.4 Å². The minimum Gasteiger partial charge on any atom is -0.311 e. The van der Waals surface area contributed by atoms with Crippen LogP contribution in [0.3, 0.4) is 0 Å². The van der Waals surface area contributed by atoms with Gasteiger partial charge in [-0.05, 0) is 283 Å². The Morgan fingerprint density at radius 2 is 0.360 bits per heavy atom. The van der Waals surface area contributed by atoms with E-state index < -0.39 is 0 Å². The van der Waals surface area contributed by atoms with E-state index in [1.807, 2.05) is 0 Å². The van der Waals surface area contributed by atoms with Crippen molar-refractivity contribution in [1.29, 1.82) is 0 Å². The molecular formula is C130H98N6. The lowest BCUT2D eigenvalue weighted by atomic mass is 9.93. The minimum atomic E-state index is 0. The number of anilines is 18. The summed E-state index contributed by atoms with van der Waals surface area (Å²) in [4.78, 5) is 14.2. The molecule has 0 unspecified atom stereocenters. The fourth-order valence-electron chi connectivity index (χ4n) is 19.0. The first-order chi connectivity index (χ1) is 66.9. The summed E-state index contributed by atoms with van der Waals surface area (Å²) in [7, 11) is 0. The molecule has 0 radical (unpaired) electrons. The van der Waals surface area contributed by atoms with Gasteiger partial charge in [0.25, 0.3) is 0 Å². The van der Waals surface area contributed by atoms with Gasteiger partial charge in [0.2, 0.25) is 0 Å². The lowest BCUT2D eigenvalue weighted by Gasteiger charge is -2.35. The van der Waals surface area contributed by atoms with E-state index in [2.05, 4.69) is 588 Å². The van der Waals surface area contributed by atoms with Gasteiger partial charge in [-0.15, -0.1) is 0 Å². The van der Waals surface area contributed by atoms with E-state index in [-0.39, 0.29) is 7.43 Å².